The molecule has 0 atom stereocenters. The monoisotopic (exact) mass is 235 g/mol. The average Bonchev–Trinajstić information content (AvgIpc) is 2.33. The van der Waals surface area contributed by atoms with Crippen LogP contribution in [0.3, 0.4) is 0 Å². The quantitative estimate of drug-likeness (QED) is 0.639. The Morgan fingerprint density at radius 2 is 2.22 bits per heavy atom. The zero-order valence-electron chi connectivity index (χ0n) is 4.92. The van der Waals surface area contributed by atoms with Gasteiger partial charge < -0.3 is 0 Å². The molecule has 0 amide bonds. The molecule has 1 N–H and O–H groups in total. The second-order valence-electron chi connectivity index (χ2n) is 1.96. The number of anilines is 1. The van der Waals surface area contributed by atoms with Crippen LogP contribution in [0.2, 0.25) is 0 Å². The molecule has 1 nitrogen and oxygen atoms in total. The van der Waals surface area contributed by atoms with Gasteiger partial charge in [-0.1, -0.05) is 0 Å². The number of fused-ring (bicyclic) bond motifs is 1. The minimum absolute atomic E-state index is 0.152. The van der Waals surface area contributed by atoms with Crippen LogP contribution in [-0.2, 0) is 0 Å². The van der Waals surface area contributed by atoms with E-state index in [1.807, 2.05) is 0 Å². The van der Waals surface area contributed by atoms with E-state index in [1.165, 1.54) is 10.3 Å². The van der Waals surface area contributed by atoms with Crippen molar-refractivity contribution in [2.75, 3.05) is 9.91 Å². The van der Waals surface area contributed by atoms with Crippen LogP contribution in [-0.4, -0.2) is 25.5 Å². The Balaban J connectivity index is 2.54. The van der Waals surface area contributed by atoms with Crippen LogP contribution in [0, 0.1) is 0 Å². The van der Waals surface area contributed by atoms with Crippen LogP contribution in [0.4, 0.5) is 5.69 Å². The van der Waals surface area contributed by atoms with E-state index < -0.39 is 0 Å². The van der Waals surface area contributed by atoms with E-state index in [9.17, 15) is 0 Å². The van der Waals surface area contributed by atoms with E-state index in [1.54, 1.807) is 3.61 Å². The Kier molecular flexibility index (Phi) is 1.37. The molecule has 0 aliphatic carbocycles. The number of hydrogen-bond donors (Lipinski definition) is 1. The third kappa shape index (κ3) is 0.933. The van der Waals surface area contributed by atoms with Crippen LogP contribution in [0.25, 0.3) is 0 Å². The molecule has 0 saturated carbocycles. The molecule has 1 aromatic carbocycles. The Morgan fingerprint density at radius 3 is 3.11 bits per heavy atom. The second kappa shape index (κ2) is 2.21. The first-order valence-corrected chi connectivity index (χ1v) is 5.74. The first kappa shape index (κ1) is 5.58. The SMILES string of the molecule is c1ccc2c(c1)NC[Te]2. The zero-order chi connectivity index (χ0) is 6.10. The van der Waals surface area contributed by atoms with Gasteiger partial charge in [0.1, 0.15) is 0 Å². The van der Waals surface area contributed by atoms with Crippen molar-refractivity contribution in [3.8, 4) is 0 Å². The number of para-hydroxylation sites is 1. The maximum atomic E-state index is 3.36. The summed E-state index contributed by atoms with van der Waals surface area (Å²) in [5.41, 5.74) is 1.37. The maximum absolute atomic E-state index is 3.36. The molecule has 1 heterocycles. The number of nitrogens with one attached hydrogen (secondary N) is 1. The predicted octanol–water partition coefficient (Wildman–Crippen LogP) is 0.399. The summed E-state index contributed by atoms with van der Waals surface area (Å²) in [6, 6.07) is 8.60. The molecule has 0 saturated heterocycles. The third-order valence-electron chi connectivity index (χ3n) is 1.38. The van der Waals surface area contributed by atoms with Crippen molar-refractivity contribution in [1.29, 1.82) is 0 Å². The number of rotatable bonds is 0. The van der Waals surface area contributed by atoms with Gasteiger partial charge in [-0.05, 0) is 0 Å². The van der Waals surface area contributed by atoms with Crippen molar-refractivity contribution < 1.29 is 0 Å². The van der Waals surface area contributed by atoms with Crippen molar-refractivity contribution in [3.63, 3.8) is 0 Å². The van der Waals surface area contributed by atoms with Gasteiger partial charge in [0.25, 0.3) is 0 Å². The van der Waals surface area contributed by atoms with Gasteiger partial charge >= 0.3 is 64.4 Å². The fraction of sp³-hybridized carbons (Fsp3) is 0.143. The van der Waals surface area contributed by atoms with Crippen LogP contribution < -0.4 is 8.93 Å². The molecule has 0 radical (unpaired) electrons. The van der Waals surface area contributed by atoms with Gasteiger partial charge in [0.05, 0.1) is 0 Å². The topological polar surface area (TPSA) is 12.0 Å². The van der Waals surface area contributed by atoms with Crippen molar-refractivity contribution in [2.24, 2.45) is 0 Å². The standard InChI is InChI=1S/C7H7NTe/c1-2-4-7-6(3-1)8-5-9-7/h1-4,8H,5H2. The summed E-state index contributed by atoms with van der Waals surface area (Å²) in [7, 11) is 0. The van der Waals surface area contributed by atoms with Gasteiger partial charge in [-0.3, -0.25) is 0 Å². The third-order valence-corrected chi connectivity index (χ3v) is 4.10. The molecular weight excluding hydrogens is 226 g/mol. The van der Waals surface area contributed by atoms with Crippen LogP contribution in [0.5, 0.6) is 0 Å². The van der Waals surface area contributed by atoms with Gasteiger partial charge in [0.2, 0.25) is 0 Å². The van der Waals surface area contributed by atoms with E-state index in [4.69, 9.17) is 0 Å². The average molecular weight is 233 g/mol. The molecule has 1 aromatic rings. The molecule has 0 unspecified atom stereocenters. The molecule has 0 spiro atoms. The molecule has 0 aromatic heterocycles. The minimum atomic E-state index is 0.152. The van der Waals surface area contributed by atoms with Crippen LogP contribution in [0.1, 0.15) is 0 Å². The van der Waals surface area contributed by atoms with Gasteiger partial charge in [-0.15, -0.1) is 0 Å². The molecule has 2 rings (SSSR count). The fourth-order valence-corrected chi connectivity index (χ4v) is 3.37. The summed E-state index contributed by atoms with van der Waals surface area (Å²) in [6.07, 6.45) is 0. The van der Waals surface area contributed by atoms with Crippen molar-refractivity contribution in [2.45, 2.75) is 0 Å². The normalized spacial score (nSPS) is 14.7. The van der Waals surface area contributed by atoms with E-state index >= 15 is 0 Å². The molecule has 0 fully saturated rings. The van der Waals surface area contributed by atoms with Crippen molar-refractivity contribution in [1.82, 2.24) is 0 Å². The summed E-state index contributed by atoms with van der Waals surface area (Å²) in [6.45, 7) is 0. The molecule has 46 valence electrons. The van der Waals surface area contributed by atoms with Crippen LogP contribution in [0.15, 0.2) is 24.3 Å². The Labute approximate surface area is 64.5 Å². The van der Waals surface area contributed by atoms with E-state index in [0.29, 0.717) is 0 Å². The van der Waals surface area contributed by atoms with E-state index in [-0.39, 0.29) is 20.9 Å². The Hall–Kier alpha value is -0.190. The summed E-state index contributed by atoms with van der Waals surface area (Å²) in [5, 5.41) is 3.36. The molecule has 0 bridgehead atoms. The van der Waals surface area contributed by atoms with Gasteiger partial charge in [0.15, 0.2) is 0 Å². The van der Waals surface area contributed by atoms with Gasteiger partial charge in [-0.2, -0.15) is 0 Å². The predicted molar refractivity (Wildman–Crippen MR) is 40.3 cm³/mol. The summed E-state index contributed by atoms with van der Waals surface area (Å²) in [4.78, 5) is 0. The molecule has 1 aliphatic heterocycles. The first-order valence-electron chi connectivity index (χ1n) is 2.92. The van der Waals surface area contributed by atoms with Crippen LogP contribution >= 0.6 is 0 Å². The zero-order valence-corrected chi connectivity index (χ0v) is 7.26. The summed E-state index contributed by atoms with van der Waals surface area (Å²) < 4.78 is 2.83. The van der Waals surface area contributed by atoms with Crippen molar-refractivity contribution in [3.05, 3.63) is 24.3 Å². The Bertz CT molecular complexity index is 199. The van der Waals surface area contributed by atoms with Gasteiger partial charge in [0, 0.05) is 0 Å². The summed E-state index contributed by atoms with van der Waals surface area (Å²) in [5.74, 6) is 0. The molecule has 1 aliphatic rings. The first-order chi connectivity index (χ1) is 4.47. The molecule has 9 heavy (non-hydrogen) atoms. The van der Waals surface area contributed by atoms with E-state index in [2.05, 4.69) is 29.6 Å². The fourth-order valence-electron chi connectivity index (χ4n) is 0.930. The van der Waals surface area contributed by atoms with Gasteiger partial charge in [-0.25, -0.2) is 0 Å². The molecular formula is C7H7NTe. The van der Waals surface area contributed by atoms with E-state index in [0.717, 1.165) is 0 Å². The number of hydrogen-bond acceptors (Lipinski definition) is 1. The molecule has 2 heteroatoms. The Morgan fingerprint density at radius 1 is 1.33 bits per heavy atom. The number of benzene rings is 1. The van der Waals surface area contributed by atoms with Crippen molar-refractivity contribution >= 4 is 30.2 Å². The summed E-state index contributed by atoms with van der Waals surface area (Å²) >= 11 is 0.152. The second-order valence-corrected chi connectivity index (χ2v) is 4.86.